The highest BCUT2D eigenvalue weighted by atomic mass is 16.3. The summed E-state index contributed by atoms with van der Waals surface area (Å²) in [6.07, 6.45) is 0. The van der Waals surface area contributed by atoms with Crippen molar-refractivity contribution in [2.24, 2.45) is 0 Å². The third-order valence-corrected chi connectivity index (χ3v) is 2.00. The zero-order chi connectivity index (χ0) is 11.3. The average molecular weight is 207 g/mol. The molecule has 0 bridgehead atoms. The fourth-order valence-corrected chi connectivity index (χ4v) is 1.23. The van der Waals surface area contributed by atoms with Gasteiger partial charge in [0, 0.05) is 16.8 Å². The second-order valence-corrected chi connectivity index (χ2v) is 2.94. The molecular weight excluding hydrogens is 194 g/mol. The molecule has 4 nitrogen and oxygen atoms in total. The number of carbonyl (C=O) groups is 1. The highest BCUT2D eigenvalue weighted by Crippen LogP contribution is 2.22. The minimum absolute atomic E-state index is 0.225. The molecule has 4 heteroatoms. The van der Waals surface area contributed by atoms with Crippen LogP contribution in [0.1, 0.15) is 5.56 Å². The second kappa shape index (κ2) is 5.29. The van der Waals surface area contributed by atoms with Crippen LogP contribution >= 0.6 is 0 Å². The van der Waals surface area contributed by atoms with Crippen molar-refractivity contribution in [1.29, 1.82) is 0 Å². The summed E-state index contributed by atoms with van der Waals surface area (Å²) < 4.78 is 0. The van der Waals surface area contributed by atoms with E-state index in [1.165, 1.54) is 0 Å². The van der Waals surface area contributed by atoms with Gasteiger partial charge in [-0.15, -0.1) is 0 Å². The van der Waals surface area contributed by atoms with Gasteiger partial charge in [-0.05, 0) is 6.07 Å². The Labute approximate surface area is 87.9 Å². The van der Waals surface area contributed by atoms with Gasteiger partial charge in [0.05, 0.1) is 0 Å². The first-order chi connectivity index (χ1) is 7.20. The van der Waals surface area contributed by atoms with E-state index in [4.69, 9.17) is 10.2 Å². The monoisotopic (exact) mass is 207 g/mol. The van der Waals surface area contributed by atoms with Crippen LogP contribution in [-0.2, 0) is 4.79 Å². The van der Waals surface area contributed by atoms with Gasteiger partial charge in [0.15, 0.2) is 5.78 Å². The molecule has 0 heterocycles. The molecule has 0 radical (unpaired) electrons. The van der Waals surface area contributed by atoms with Gasteiger partial charge >= 0.3 is 0 Å². The van der Waals surface area contributed by atoms with E-state index in [-0.39, 0.29) is 12.3 Å². The average Bonchev–Trinajstić information content (AvgIpc) is 2.28. The maximum absolute atomic E-state index is 11.2. The number of hydrogen-bond acceptors (Lipinski definition) is 4. The summed E-state index contributed by atoms with van der Waals surface area (Å²) in [6, 6.07) is 6.96. The standard InChI is InChI=1S/C11H13NO3/c1-8(11(15)6-13)9-4-2-3-5-10(9)12-7-14/h2-5,12-14H,1,6-7H2. The Morgan fingerprint density at radius 1 is 1.33 bits per heavy atom. The van der Waals surface area contributed by atoms with Crippen LogP contribution in [-0.4, -0.2) is 29.3 Å². The van der Waals surface area contributed by atoms with Gasteiger partial charge in [0.1, 0.15) is 13.3 Å². The van der Waals surface area contributed by atoms with E-state index in [0.717, 1.165) is 0 Å². The molecule has 80 valence electrons. The van der Waals surface area contributed by atoms with Gasteiger partial charge in [-0.3, -0.25) is 4.79 Å². The summed E-state index contributed by atoms with van der Waals surface area (Å²) in [5.74, 6) is -0.429. The van der Waals surface area contributed by atoms with Crippen LogP contribution in [0.2, 0.25) is 0 Å². The molecule has 0 aromatic heterocycles. The largest absolute Gasteiger partial charge is 0.388 e. The normalized spacial score (nSPS) is 9.73. The maximum Gasteiger partial charge on any atom is 0.188 e. The number of para-hydroxylation sites is 1. The number of ketones is 1. The first kappa shape index (κ1) is 11.4. The quantitative estimate of drug-likeness (QED) is 0.489. The molecule has 1 aromatic carbocycles. The SMILES string of the molecule is C=C(C(=O)CO)c1ccccc1NCO. The third-order valence-electron chi connectivity index (χ3n) is 2.00. The molecule has 0 unspecified atom stereocenters. The van der Waals surface area contributed by atoms with Crippen LogP contribution in [0.3, 0.4) is 0 Å². The highest BCUT2D eigenvalue weighted by molar-refractivity contribution is 6.21. The van der Waals surface area contributed by atoms with E-state index in [9.17, 15) is 4.79 Å². The summed E-state index contributed by atoms with van der Waals surface area (Å²) in [4.78, 5) is 11.2. The van der Waals surface area contributed by atoms with Crippen molar-refractivity contribution in [3.8, 4) is 0 Å². The molecule has 0 amide bonds. The molecule has 1 aromatic rings. The summed E-state index contributed by atoms with van der Waals surface area (Å²) in [6.45, 7) is 2.82. The number of carbonyl (C=O) groups excluding carboxylic acids is 1. The third kappa shape index (κ3) is 2.65. The first-order valence-electron chi connectivity index (χ1n) is 4.47. The van der Waals surface area contributed by atoms with E-state index in [0.29, 0.717) is 11.3 Å². The molecule has 0 fully saturated rings. The van der Waals surface area contributed by atoms with Crippen molar-refractivity contribution in [1.82, 2.24) is 0 Å². The first-order valence-corrected chi connectivity index (χ1v) is 4.47. The lowest BCUT2D eigenvalue weighted by Gasteiger charge is -2.10. The van der Waals surface area contributed by atoms with Crippen LogP contribution in [0.4, 0.5) is 5.69 Å². The molecular formula is C11H13NO3. The molecule has 0 aliphatic heterocycles. The van der Waals surface area contributed by atoms with Crippen molar-refractivity contribution in [2.45, 2.75) is 0 Å². The molecule has 0 spiro atoms. The molecule has 1 rings (SSSR count). The summed E-state index contributed by atoms with van der Waals surface area (Å²) >= 11 is 0. The number of nitrogens with one attached hydrogen (secondary N) is 1. The summed E-state index contributed by atoms with van der Waals surface area (Å²) in [5.41, 5.74) is 1.44. The van der Waals surface area contributed by atoms with Gasteiger partial charge in [0.2, 0.25) is 0 Å². The van der Waals surface area contributed by atoms with Crippen molar-refractivity contribution in [3.63, 3.8) is 0 Å². The Morgan fingerprint density at radius 2 is 2.00 bits per heavy atom. The fraction of sp³-hybridized carbons (Fsp3) is 0.182. The molecule has 0 saturated heterocycles. The Hall–Kier alpha value is -1.65. The molecule has 0 aliphatic rings. The van der Waals surface area contributed by atoms with Crippen LogP contribution in [0.25, 0.3) is 5.57 Å². The number of Topliss-reactive ketones (excluding diaryl/α,β-unsaturated/α-hetero) is 1. The molecule has 0 saturated carbocycles. The van der Waals surface area contributed by atoms with E-state index in [1.807, 2.05) is 0 Å². The minimum atomic E-state index is -0.563. The molecule has 0 aliphatic carbocycles. The number of hydrogen-bond donors (Lipinski definition) is 3. The van der Waals surface area contributed by atoms with Crippen molar-refractivity contribution >= 4 is 17.0 Å². The molecule has 0 atom stereocenters. The minimum Gasteiger partial charge on any atom is -0.388 e. The molecule has 3 N–H and O–H groups in total. The lowest BCUT2D eigenvalue weighted by atomic mass is 10.0. The smallest absolute Gasteiger partial charge is 0.188 e. The Balaban J connectivity index is 3.02. The van der Waals surface area contributed by atoms with E-state index in [1.54, 1.807) is 24.3 Å². The van der Waals surface area contributed by atoms with Crippen molar-refractivity contribution in [3.05, 3.63) is 36.4 Å². The predicted molar refractivity (Wildman–Crippen MR) is 58.3 cm³/mol. The predicted octanol–water partition coefficient (Wildman–Crippen LogP) is 0.623. The zero-order valence-corrected chi connectivity index (χ0v) is 8.23. The Kier molecular flexibility index (Phi) is 4.03. The second-order valence-electron chi connectivity index (χ2n) is 2.94. The number of rotatable bonds is 5. The van der Waals surface area contributed by atoms with Crippen molar-refractivity contribution < 1.29 is 15.0 Å². The highest BCUT2D eigenvalue weighted by Gasteiger charge is 2.11. The fourth-order valence-electron chi connectivity index (χ4n) is 1.23. The van der Waals surface area contributed by atoms with Crippen LogP contribution in [0.5, 0.6) is 0 Å². The van der Waals surface area contributed by atoms with Gasteiger partial charge in [-0.1, -0.05) is 24.8 Å². The van der Waals surface area contributed by atoms with Crippen molar-refractivity contribution in [2.75, 3.05) is 18.7 Å². The van der Waals surface area contributed by atoms with E-state index < -0.39 is 12.4 Å². The number of benzene rings is 1. The van der Waals surface area contributed by atoms with Gasteiger partial charge in [0.25, 0.3) is 0 Å². The summed E-state index contributed by atoms with van der Waals surface area (Å²) in [7, 11) is 0. The number of aliphatic hydroxyl groups is 2. The summed E-state index contributed by atoms with van der Waals surface area (Å²) in [5, 5.41) is 20.2. The van der Waals surface area contributed by atoms with Crippen LogP contribution < -0.4 is 5.32 Å². The van der Waals surface area contributed by atoms with Crippen LogP contribution in [0, 0.1) is 0 Å². The Morgan fingerprint density at radius 3 is 2.60 bits per heavy atom. The number of anilines is 1. The van der Waals surface area contributed by atoms with E-state index >= 15 is 0 Å². The Bertz CT molecular complexity index is 374. The lowest BCUT2D eigenvalue weighted by molar-refractivity contribution is -0.116. The zero-order valence-electron chi connectivity index (χ0n) is 8.23. The lowest BCUT2D eigenvalue weighted by Crippen LogP contribution is -2.09. The van der Waals surface area contributed by atoms with Crippen LogP contribution in [0.15, 0.2) is 30.8 Å². The topological polar surface area (TPSA) is 69.6 Å². The number of aliphatic hydroxyl groups excluding tert-OH is 2. The van der Waals surface area contributed by atoms with Gasteiger partial charge < -0.3 is 15.5 Å². The maximum atomic E-state index is 11.2. The van der Waals surface area contributed by atoms with Gasteiger partial charge in [-0.2, -0.15) is 0 Å². The van der Waals surface area contributed by atoms with E-state index in [2.05, 4.69) is 11.9 Å². The molecule has 15 heavy (non-hydrogen) atoms. The van der Waals surface area contributed by atoms with Gasteiger partial charge in [-0.25, -0.2) is 0 Å².